The first-order chi connectivity index (χ1) is 12.7. The molecule has 0 bridgehead atoms. The van der Waals surface area contributed by atoms with Gasteiger partial charge in [0.15, 0.2) is 6.61 Å². The fourth-order valence-electron chi connectivity index (χ4n) is 2.10. The van der Waals surface area contributed by atoms with Crippen LogP contribution in [-0.2, 0) is 26.9 Å². The summed E-state index contributed by atoms with van der Waals surface area (Å²) in [4.78, 5) is 23.5. The summed E-state index contributed by atoms with van der Waals surface area (Å²) in [6.07, 6.45) is -4.91. The Morgan fingerprint density at radius 3 is 2.56 bits per heavy atom. The molecule has 1 N–H and O–H groups in total. The summed E-state index contributed by atoms with van der Waals surface area (Å²) in [7, 11) is 0. The molecule has 0 saturated carbocycles. The summed E-state index contributed by atoms with van der Waals surface area (Å²) in [5.74, 6) is -1.50. The number of esters is 1. The topological polar surface area (TPSA) is 79.2 Å². The molecule has 2 aromatic carbocycles. The van der Waals surface area contributed by atoms with Crippen molar-refractivity contribution >= 4 is 29.2 Å². The lowest BCUT2D eigenvalue weighted by molar-refractivity contribution is -0.146. The van der Waals surface area contributed by atoms with E-state index in [0.29, 0.717) is 5.69 Å². The van der Waals surface area contributed by atoms with Crippen molar-refractivity contribution in [2.45, 2.75) is 12.6 Å². The van der Waals surface area contributed by atoms with Gasteiger partial charge in [-0.05, 0) is 29.8 Å². The number of nitriles is 1. The molecule has 0 aliphatic heterocycles. The van der Waals surface area contributed by atoms with Gasteiger partial charge in [-0.3, -0.25) is 9.59 Å². The number of carbonyl (C=O) groups excluding carboxylic acids is 2. The van der Waals surface area contributed by atoms with Crippen molar-refractivity contribution in [3.63, 3.8) is 0 Å². The fraction of sp³-hybridized carbons (Fsp3) is 0.167. The number of amides is 1. The van der Waals surface area contributed by atoms with Crippen molar-refractivity contribution in [3.8, 4) is 6.07 Å². The van der Waals surface area contributed by atoms with Gasteiger partial charge in [0.05, 0.1) is 22.6 Å². The van der Waals surface area contributed by atoms with E-state index in [-0.39, 0.29) is 16.1 Å². The molecule has 0 fully saturated rings. The summed E-state index contributed by atoms with van der Waals surface area (Å²) in [5.41, 5.74) is -0.211. The second-order valence-electron chi connectivity index (χ2n) is 5.39. The van der Waals surface area contributed by atoms with Gasteiger partial charge in [-0.2, -0.15) is 18.4 Å². The van der Waals surface area contributed by atoms with Crippen LogP contribution in [0.25, 0.3) is 0 Å². The van der Waals surface area contributed by atoms with E-state index < -0.39 is 36.6 Å². The fourth-order valence-corrected chi connectivity index (χ4v) is 2.32. The molecule has 0 atom stereocenters. The highest BCUT2D eigenvalue weighted by molar-refractivity contribution is 6.32. The molecule has 0 aliphatic rings. The second-order valence-corrected chi connectivity index (χ2v) is 5.80. The van der Waals surface area contributed by atoms with Crippen LogP contribution in [0.15, 0.2) is 42.5 Å². The van der Waals surface area contributed by atoms with Crippen LogP contribution in [0.5, 0.6) is 0 Å². The highest BCUT2D eigenvalue weighted by Gasteiger charge is 2.30. The maximum atomic E-state index is 12.6. The third kappa shape index (κ3) is 6.01. The number of anilines is 1. The summed E-state index contributed by atoms with van der Waals surface area (Å²) >= 11 is 5.84. The Labute approximate surface area is 157 Å². The zero-order chi connectivity index (χ0) is 20.0. The molecule has 140 valence electrons. The minimum atomic E-state index is -4.51. The molecule has 0 aromatic heterocycles. The Bertz CT molecular complexity index is 907. The van der Waals surface area contributed by atoms with Crippen LogP contribution in [0.1, 0.15) is 16.7 Å². The number of rotatable bonds is 5. The zero-order valence-corrected chi connectivity index (χ0v) is 14.4. The van der Waals surface area contributed by atoms with Gasteiger partial charge in [0, 0.05) is 5.69 Å². The lowest BCUT2D eigenvalue weighted by atomic mass is 10.1. The summed E-state index contributed by atoms with van der Waals surface area (Å²) < 4.78 is 42.7. The monoisotopic (exact) mass is 396 g/mol. The highest BCUT2D eigenvalue weighted by Crippen LogP contribution is 2.29. The molecule has 27 heavy (non-hydrogen) atoms. The van der Waals surface area contributed by atoms with E-state index in [2.05, 4.69) is 5.32 Å². The normalized spacial score (nSPS) is 10.8. The van der Waals surface area contributed by atoms with Gasteiger partial charge >= 0.3 is 12.1 Å². The van der Waals surface area contributed by atoms with E-state index in [1.54, 1.807) is 0 Å². The van der Waals surface area contributed by atoms with Crippen LogP contribution < -0.4 is 5.32 Å². The van der Waals surface area contributed by atoms with Gasteiger partial charge in [-0.15, -0.1) is 0 Å². The van der Waals surface area contributed by atoms with E-state index >= 15 is 0 Å². The number of halogens is 4. The number of benzene rings is 2. The zero-order valence-electron chi connectivity index (χ0n) is 13.6. The molecule has 2 rings (SSSR count). The standard InChI is InChI=1S/C18H12ClF3N2O3/c19-15-8-14(5-4-12(15)9-23)24-16(25)10-27-17(26)7-11-2-1-3-13(6-11)18(20,21)22/h1-6,8H,7,10H2,(H,24,25). The Morgan fingerprint density at radius 1 is 1.19 bits per heavy atom. The van der Waals surface area contributed by atoms with Gasteiger partial charge in [0.1, 0.15) is 6.07 Å². The molecule has 0 radical (unpaired) electrons. The first kappa shape index (κ1) is 20.3. The van der Waals surface area contributed by atoms with Crippen LogP contribution in [0.3, 0.4) is 0 Å². The van der Waals surface area contributed by atoms with Crippen molar-refractivity contribution in [1.29, 1.82) is 5.26 Å². The van der Waals surface area contributed by atoms with E-state index in [4.69, 9.17) is 21.6 Å². The average Bonchev–Trinajstić information content (AvgIpc) is 2.60. The lowest BCUT2D eigenvalue weighted by Crippen LogP contribution is -2.21. The number of nitrogens with one attached hydrogen (secondary N) is 1. The third-order valence-electron chi connectivity index (χ3n) is 3.34. The van der Waals surface area contributed by atoms with Gasteiger partial charge in [-0.25, -0.2) is 0 Å². The van der Waals surface area contributed by atoms with Crippen LogP contribution in [0.4, 0.5) is 18.9 Å². The molecule has 1 amide bonds. The molecule has 0 saturated heterocycles. The predicted molar refractivity (Wildman–Crippen MR) is 90.9 cm³/mol. The van der Waals surface area contributed by atoms with Crippen LogP contribution in [0, 0.1) is 11.3 Å². The quantitative estimate of drug-likeness (QED) is 0.776. The van der Waals surface area contributed by atoms with Gasteiger partial charge in [0.2, 0.25) is 0 Å². The maximum absolute atomic E-state index is 12.6. The molecule has 0 unspecified atom stereocenters. The molecular weight excluding hydrogens is 385 g/mol. The van der Waals surface area contributed by atoms with Gasteiger partial charge in [0.25, 0.3) is 5.91 Å². The molecular formula is C18H12ClF3N2O3. The first-order valence-electron chi connectivity index (χ1n) is 7.50. The summed E-state index contributed by atoms with van der Waals surface area (Å²) in [5, 5.41) is 11.4. The first-order valence-corrected chi connectivity index (χ1v) is 7.88. The van der Waals surface area contributed by atoms with Crippen molar-refractivity contribution in [2.75, 3.05) is 11.9 Å². The smallest absolute Gasteiger partial charge is 0.416 e. The number of carbonyl (C=O) groups is 2. The van der Waals surface area contributed by atoms with Crippen LogP contribution in [-0.4, -0.2) is 18.5 Å². The van der Waals surface area contributed by atoms with E-state index in [9.17, 15) is 22.8 Å². The minimum Gasteiger partial charge on any atom is -0.455 e. The third-order valence-corrected chi connectivity index (χ3v) is 3.65. The van der Waals surface area contributed by atoms with Crippen LogP contribution >= 0.6 is 11.6 Å². The van der Waals surface area contributed by atoms with Crippen molar-refractivity contribution < 1.29 is 27.5 Å². The number of alkyl halides is 3. The second kappa shape index (κ2) is 8.56. The Hall–Kier alpha value is -3.05. The lowest BCUT2D eigenvalue weighted by Gasteiger charge is -2.09. The molecule has 9 heteroatoms. The molecule has 0 spiro atoms. The average molecular weight is 397 g/mol. The maximum Gasteiger partial charge on any atom is 0.416 e. The molecule has 0 aliphatic carbocycles. The minimum absolute atomic E-state index is 0.120. The molecule has 0 heterocycles. The predicted octanol–water partition coefficient (Wildman–Crippen LogP) is 3.95. The van der Waals surface area contributed by atoms with E-state index in [0.717, 1.165) is 12.1 Å². The number of nitrogens with zero attached hydrogens (tertiary/aromatic N) is 1. The van der Waals surface area contributed by atoms with E-state index in [1.165, 1.54) is 30.3 Å². The number of ether oxygens (including phenoxy) is 1. The van der Waals surface area contributed by atoms with Crippen molar-refractivity contribution in [2.24, 2.45) is 0 Å². The SMILES string of the molecule is N#Cc1ccc(NC(=O)COC(=O)Cc2cccc(C(F)(F)F)c2)cc1Cl. The Morgan fingerprint density at radius 2 is 1.93 bits per heavy atom. The molecule has 2 aromatic rings. The Balaban J connectivity index is 1.87. The number of hydrogen-bond acceptors (Lipinski definition) is 4. The summed E-state index contributed by atoms with van der Waals surface area (Å²) in [6, 6.07) is 10.4. The van der Waals surface area contributed by atoms with Gasteiger partial charge < -0.3 is 10.1 Å². The number of hydrogen-bond donors (Lipinski definition) is 1. The largest absolute Gasteiger partial charge is 0.455 e. The van der Waals surface area contributed by atoms with Crippen molar-refractivity contribution in [3.05, 3.63) is 64.2 Å². The highest BCUT2D eigenvalue weighted by atomic mass is 35.5. The van der Waals surface area contributed by atoms with Crippen molar-refractivity contribution in [1.82, 2.24) is 0 Å². The molecule has 5 nitrogen and oxygen atoms in total. The Kier molecular flexibility index (Phi) is 6.42. The van der Waals surface area contributed by atoms with Crippen LogP contribution in [0.2, 0.25) is 5.02 Å². The van der Waals surface area contributed by atoms with Gasteiger partial charge in [-0.1, -0.05) is 29.8 Å². The summed E-state index contributed by atoms with van der Waals surface area (Å²) in [6.45, 7) is -0.616. The van der Waals surface area contributed by atoms with E-state index in [1.807, 2.05) is 6.07 Å².